The van der Waals surface area contributed by atoms with Crippen LogP contribution in [-0.2, 0) is 25.5 Å². The van der Waals surface area contributed by atoms with E-state index in [9.17, 15) is 14.4 Å². The second-order valence-corrected chi connectivity index (χ2v) is 8.71. The largest absolute Gasteiger partial charge is 0.464 e. The molecule has 1 saturated heterocycles. The second-order valence-electron chi connectivity index (χ2n) is 8.71. The molecule has 1 saturated carbocycles. The van der Waals surface area contributed by atoms with Crippen LogP contribution in [0.15, 0.2) is 30.3 Å². The van der Waals surface area contributed by atoms with Gasteiger partial charge in [0, 0.05) is 11.5 Å². The molecule has 152 valence electrons. The van der Waals surface area contributed by atoms with Crippen LogP contribution in [0.1, 0.15) is 58.4 Å². The summed E-state index contributed by atoms with van der Waals surface area (Å²) in [7, 11) is 0. The van der Waals surface area contributed by atoms with Crippen molar-refractivity contribution in [3.8, 4) is 0 Å². The minimum absolute atomic E-state index is 0.00373. The molecule has 5 heteroatoms. The predicted molar refractivity (Wildman–Crippen MR) is 107 cm³/mol. The van der Waals surface area contributed by atoms with Gasteiger partial charge in [-0.25, -0.2) is 4.79 Å². The number of esters is 1. The number of amides is 1. The number of carbonyl (C=O) groups excluding carboxylic acids is 3. The van der Waals surface area contributed by atoms with Gasteiger partial charge in [0.15, 0.2) is 0 Å². The number of ketones is 1. The fourth-order valence-electron chi connectivity index (χ4n) is 4.33. The highest BCUT2D eigenvalue weighted by Gasteiger charge is 2.54. The van der Waals surface area contributed by atoms with E-state index in [1.165, 1.54) is 5.56 Å². The molecule has 3 atom stereocenters. The Hall–Kier alpha value is -2.17. The standard InChI is InChI=1S/C23H31NO4/c1-4-23(2,3)20(25)21(26)24-18-13-12-17(15-18)19(24)22(27)28-14-8-11-16-9-6-5-7-10-16/h5-7,9-10,17-19H,4,8,11-15H2,1-3H3/t17?,18?,19-/m1/s1. The summed E-state index contributed by atoms with van der Waals surface area (Å²) in [5, 5.41) is 0. The summed E-state index contributed by atoms with van der Waals surface area (Å²) in [4.78, 5) is 40.0. The Kier molecular flexibility index (Phi) is 6.21. The second kappa shape index (κ2) is 8.46. The molecule has 2 unspecified atom stereocenters. The molecule has 0 spiro atoms. The first-order chi connectivity index (χ1) is 13.3. The van der Waals surface area contributed by atoms with Crippen molar-refractivity contribution in [1.82, 2.24) is 4.90 Å². The lowest BCUT2D eigenvalue weighted by Gasteiger charge is -2.35. The number of ether oxygens (including phenoxy) is 1. The summed E-state index contributed by atoms with van der Waals surface area (Å²) < 4.78 is 5.53. The summed E-state index contributed by atoms with van der Waals surface area (Å²) >= 11 is 0. The van der Waals surface area contributed by atoms with Crippen LogP contribution in [-0.4, -0.2) is 41.3 Å². The van der Waals surface area contributed by atoms with Crippen LogP contribution in [0.5, 0.6) is 0 Å². The number of benzene rings is 1. The summed E-state index contributed by atoms with van der Waals surface area (Å²) in [5.41, 5.74) is 0.506. The van der Waals surface area contributed by atoms with Crippen LogP contribution in [0.4, 0.5) is 0 Å². The van der Waals surface area contributed by atoms with Gasteiger partial charge in [0.25, 0.3) is 5.91 Å². The molecule has 1 aromatic rings. The van der Waals surface area contributed by atoms with Gasteiger partial charge >= 0.3 is 5.97 Å². The fourth-order valence-corrected chi connectivity index (χ4v) is 4.33. The van der Waals surface area contributed by atoms with Crippen LogP contribution in [0.25, 0.3) is 0 Å². The average molecular weight is 386 g/mol. The quantitative estimate of drug-likeness (QED) is 0.390. The number of nitrogens with zero attached hydrogens (tertiary/aromatic N) is 1. The van der Waals surface area contributed by atoms with Crippen molar-refractivity contribution in [3.05, 3.63) is 35.9 Å². The normalized spacial score (nSPS) is 23.7. The highest BCUT2D eigenvalue weighted by atomic mass is 16.5. The van der Waals surface area contributed by atoms with Gasteiger partial charge in [-0.05, 0) is 50.0 Å². The van der Waals surface area contributed by atoms with E-state index in [1.807, 2.05) is 25.1 Å². The third kappa shape index (κ3) is 4.13. The summed E-state index contributed by atoms with van der Waals surface area (Å²) in [5.74, 6) is -1.14. The lowest BCUT2D eigenvalue weighted by atomic mass is 9.84. The molecule has 2 fully saturated rings. The van der Waals surface area contributed by atoms with Crippen molar-refractivity contribution in [2.45, 2.75) is 71.4 Å². The number of fused-ring (bicyclic) bond motifs is 2. The first-order valence-electron chi connectivity index (χ1n) is 10.4. The lowest BCUT2D eigenvalue weighted by Crippen LogP contribution is -2.54. The SMILES string of the molecule is CCC(C)(C)C(=O)C(=O)N1C2CCC(C2)[C@@H]1C(=O)OCCCc1ccccc1. The van der Waals surface area contributed by atoms with Gasteiger partial charge in [0.2, 0.25) is 5.78 Å². The summed E-state index contributed by atoms with van der Waals surface area (Å²) in [6.07, 6.45) is 4.77. The maximum Gasteiger partial charge on any atom is 0.329 e. The maximum absolute atomic E-state index is 12.9. The number of hydrogen-bond donors (Lipinski definition) is 0. The zero-order valence-corrected chi connectivity index (χ0v) is 17.1. The van der Waals surface area contributed by atoms with Crippen LogP contribution in [0.3, 0.4) is 0 Å². The Bertz CT molecular complexity index is 727. The van der Waals surface area contributed by atoms with E-state index in [4.69, 9.17) is 4.74 Å². The number of carbonyl (C=O) groups is 3. The van der Waals surface area contributed by atoms with Crippen molar-refractivity contribution >= 4 is 17.7 Å². The fraction of sp³-hybridized carbons (Fsp3) is 0.609. The van der Waals surface area contributed by atoms with E-state index >= 15 is 0 Å². The minimum Gasteiger partial charge on any atom is -0.464 e. The molecule has 0 radical (unpaired) electrons. The molecule has 5 nitrogen and oxygen atoms in total. The molecule has 0 N–H and O–H groups in total. The van der Waals surface area contributed by atoms with Gasteiger partial charge in [-0.3, -0.25) is 9.59 Å². The highest BCUT2D eigenvalue weighted by Crippen LogP contribution is 2.43. The van der Waals surface area contributed by atoms with Crippen LogP contribution in [0.2, 0.25) is 0 Å². The molecule has 3 rings (SSSR count). The van der Waals surface area contributed by atoms with Crippen molar-refractivity contribution in [2.24, 2.45) is 11.3 Å². The number of Topliss-reactive ketones (excluding diaryl/α,β-unsaturated/α-hetero) is 1. The predicted octanol–water partition coefficient (Wildman–Crippen LogP) is 3.55. The molecule has 0 aromatic heterocycles. The number of aryl methyl sites for hydroxylation is 1. The van der Waals surface area contributed by atoms with Crippen LogP contribution < -0.4 is 0 Å². The third-order valence-corrected chi connectivity index (χ3v) is 6.45. The lowest BCUT2D eigenvalue weighted by molar-refractivity contribution is -0.161. The molecule has 1 aromatic carbocycles. The smallest absolute Gasteiger partial charge is 0.329 e. The van der Waals surface area contributed by atoms with E-state index in [1.54, 1.807) is 18.7 Å². The van der Waals surface area contributed by atoms with Crippen molar-refractivity contribution in [1.29, 1.82) is 0 Å². The van der Waals surface area contributed by atoms with Crippen molar-refractivity contribution in [2.75, 3.05) is 6.61 Å². The maximum atomic E-state index is 12.9. The van der Waals surface area contributed by atoms with Gasteiger partial charge in [0.05, 0.1) is 6.61 Å². The minimum atomic E-state index is -0.705. The number of piperidine rings is 1. The van der Waals surface area contributed by atoms with E-state index in [-0.39, 0.29) is 17.9 Å². The average Bonchev–Trinajstić information content (AvgIpc) is 3.32. The zero-order chi connectivity index (χ0) is 20.3. The van der Waals surface area contributed by atoms with Crippen LogP contribution in [0, 0.1) is 11.3 Å². The molecule has 1 amide bonds. The van der Waals surface area contributed by atoms with Crippen molar-refractivity contribution in [3.63, 3.8) is 0 Å². The molecular formula is C23H31NO4. The Balaban J connectivity index is 1.60. The van der Waals surface area contributed by atoms with Gasteiger partial charge < -0.3 is 9.64 Å². The topological polar surface area (TPSA) is 63.7 Å². The van der Waals surface area contributed by atoms with Crippen LogP contribution >= 0.6 is 0 Å². The number of rotatable bonds is 8. The van der Waals surface area contributed by atoms with Gasteiger partial charge in [-0.1, -0.05) is 51.1 Å². The zero-order valence-electron chi connectivity index (χ0n) is 17.1. The molecule has 1 heterocycles. The molecule has 2 bridgehead atoms. The Morgan fingerprint density at radius 3 is 2.54 bits per heavy atom. The molecule has 28 heavy (non-hydrogen) atoms. The number of hydrogen-bond acceptors (Lipinski definition) is 4. The van der Waals surface area contributed by atoms with Gasteiger partial charge in [-0.15, -0.1) is 0 Å². The van der Waals surface area contributed by atoms with E-state index in [0.717, 1.165) is 32.1 Å². The summed E-state index contributed by atoms with van der Waals surface area (Å²) in [6, 6.07) is 9.48. The van der Waals surface area contributed by atoms with Gasteiger partial charge in [-0.2, -0.15) is 0 Å². The van der Waals surface area contributed by atoms with Gasteiger partial charge in [0.1, 0.15) is 6.04 Å². The first kappa shape index (κ1) is 20.6. The first-order valence-corrected chi connectivity index (χ1v) is 10.4. The molecule has 2 aliphatic rings. The molecule has 1 aliphatic carbocycles. The van der Waals surface area contributed by atoms with E-state index < -0.39 is 23.1 Å². The highest BCUT2D eigenvalue weighted by molar-refractivity contribution is 6.38. The van der Waals surface area contributed by atoms with E-state index in [0.29, 0.717) is 13.0 Å². The summed E-state index contributed by atoms with van der Waals surface area (Å²) in [6.45, 7) is 5.81. The Labute approximate surface area is 167 Å². The third-order valence-electron chi connectivity index (χ3n) is 6.45. The van der Waals surface area contributed by atoms with E-state index in [2.05, 4.69) is 12.1 Å². The molecule has 1 aliphatic heterocycles. The Morgan fingerprint density at radius 2 is 1.86 bits per heavy atom. The molecular weight excluding hydrogens is 354 g/mol. The number of likely N-dealkylation sites (tertiary alicyclic amines) is 1. The Morgan fingerprint density at radius 1 is 1.14 bits per heavy atom. The van der Waals surface area contributed by atoms with Crippen molar-refractivity contribution < 1.29 is 19.1 Å². The monoisotopic (exact) mass is 385 g/mol.